The van der Waals surface area contributed by atoms with Gasteiger partial charge in [-0.25, -0.2) is 9.59 Å². The van der Waals surface area contributed by atoms with Gasteiger partial charge in [0.05, 0.1) is 13.2 Å². The van der Waals surface area contributed by atoms with Gasteiger partial charge in [-0.15, -0.1) is 0 Å². The predicted molar refractivity (Wildman–Crippen MR) is 96.5 cm³/mol. The lowest BCUT2D eigenvalue weighted by molar-refractivity contribution is -0.144. The Labute approximate surface area is 151 Å². The Kier molecular flexibility index (Phi) is 12.0. The van der Waals surface area contributed by atoms with Crippen molar-refractivity contribution in [2.24, 2.45) is 0 Å². The number of esters is 1. The van der Waals surface area contributed by atoms with Crippen molar-refractivity contribution in [1.29, 1.82) is 0 Å². The lowest BCUT2D eigenvalue weighted by Gasteiger charge is -2.26. The normalized spacial score (nSPS) is 16.8. The molecule has 1 heterocycles. The highest BCUT2D eigenvalue weighted by atomic mass is 16.5. The highest BCUT2D eigenvalue weighted by Crippen LogP contribution is 2.15. The molecule has 0 radical (unpaired) electrons. The zero-order valence-electron chi connectivity index (χ0n) is 15.5. The molecule has 0 aromatic rings. The van der Waals surface area contributed by atoms with Crippen LogP contribution in [0, 0.1) is 0 Å². The molecule has 6 heteroatoms. The summed E-state index contributed by atoms with van der Waals surface area (Å²) in [6.45, 7) is 7.02. The fourth-order valence-electron chi connectivity index (χ4n) is 2.92. The Morgan fingerprint density at radius 1 is 1.08 bits per heavy atom. The Balaban J connectivity index is 2.16. The Morgan fingerprint density at radius 3 is 2.44 bits per heavy atom. The fraction of sp³-hybridized carbons (Fsp3) is 0.789. The number of unbranched alkanes of at least 4 members (excludes halogenated alkanes) is 4. The number of hydrogen-bond acceptors (Lipinski definition) is 5. The van der Waals surface area contributed by atoms with E-state index in [0.717, 1.165) is 83.5 Å². The van der Waals surface area contributed by atoms with E-state index in [9.17, 15) is 9.59 Å². The van der Waals surface area contributed by atoms with Gasteiger partial charge in [-0.05, 0) is 32.2 Å². The van der Waals surface area contributed by atoms with Gasteiger partial charge >= 0.3 is 11.9 Å². The van der Waals surface area contributed by atoms with E-state index in [2.05, 4.69) is 11.8 Å². The fourth-order valence-corrected chi connectivity index (χ4v) is 2.92. The van der Waals surface area contributed by atoms with Crippen LogP contribution in [0.2, 0.25) is 0 Å². The van der Waals surface area contributed by atoms with E-state index in [0.29, 0.717) is 0 Å². The second-order valence-corrected chi connectivity index (χ2v) is 6.53. The first kappa shape index (κ1) is 21.6. The number of rotatable bonds is 13. The maximum atomic E-state index is 11.6. The van der Waals surface area contributed by atoms with Crippen LogP contribution in [0.5, 0.6) is 0 Å². The third-order valence-corrected chi connectivity index (χ3v) is 4.38. The monoisotopic (exact) mass is 355 g/mol. The first-order chi connectivity index (χ1) is 12.1. The van der Waals surface area contributed by atoms with E-state index in [4.69, 9.17) is 14.6 Å². The van der Waals surface area contributed by atoms with Crippen molar-refractivity contribution in [3.8, 4) is 0 Å². The van der Waals surface area contributed by atoms with E-state index in [-0.39, 0.29) is 6.10 Å². The van der Waals surface area contributed by atoms with Crippen molar-refractivity contribution >= 4 is 11.9 Å². The summed E-state index contributed by atoms with van der Waals surface area (Å²) in [6.07, 6.45) is 10.0. The Morgan fingerprint density at radius 2 is 1.76 bits per heavy atom. The van der Waals surface area contributed by atoms with E-state index in [1.807, 2.05) is 0 Å². The minimum Gasteiger partial charge on any atom is -0.478 e. The second-order valence-electron chi connectivity index (χ2n) is 6.53. The van der Waals surface area contributed by atoms with Gasteiger partial charge in [-0.1, -0.05) is 32.6 Å². The standard InChI is InChI=1S/C19H33NO5/c1-2-3-8-17(25-19(23)11-10-18(21)22)9-6-4-5-7-12-20-13-15-24-16-14-20/h10-11,17H,2-9,12-16H2,1H3,(H,21,22)/b11-10+. The van der Waals surface area contributed by atoms with Gasteiger partial charge in [0.15, 0.2) is 0 Å². The van der Waals surface area contributed by atoms with Crippen LogP contribution in [0.3, 0.4) is 0 Å². The summed E-state index contributed by atoms with van der Waals surface area (Å²) in [5.74, 6) is -1.70. The number of ether oxygens (including phenoxy) is 2. The SMILES string of the molecule is CCCCC(CCCCCCN1CCOCC1)OC(=O)/C=C/C(=O)O. The molecule has 0 bridgehead atoms. The summed E-state index contributed by atoms with van der Waals surface area (Å²) in [7, 11) is 0. The average Bonchev–Trinajstić information content (AvgIpc) is 2.61. The summed E-state index contributed by atoms with van der Waals surface area (Å²) in [6, 6.07) is 0. The van der Waals surface area contributed by atoms with Crippen LogP contribution in [-0.2, 0) is 19.1 Å². The summed E-state index contributed by atoms with van der Waals surface area (Å²) < 4.78 is 10.7. The molecule has 0 amide bonds. The van der Waals surface area contributed by atoms with Gasteiger partial charge in [-0.2, -0.15) is 0 Å². The topological polar surface area (TPSA) is 76.1 Å². The van der Waals surface area contributed by atoms with Crippen molar-refractivity contribution in [3.63, 3.8) is 0 Å². The molecule has 0 aromatic carbocycles. The van der Waals surface area contributed by atoms with E-state index in [1.54, 1.807) is 0 Å². The smallest absolute Gasteiger partial charge is 0.331 e. The van der Waals surface area contributed by atoms with Crippen LogP contribution in [0.1, 0.15) is 58.3 Å². The summed E-state index contributed by atoms with van der Waals surface area (Å²) in [4.78, 5) is 24.5. The maximum absolute atomic E-state index is 11.6. The van der Waals surface area contributed by atoms with Crippen LogP contribution >= 0.6 is 0 Å². The summed E-state index contributed by atoms with van der Waals surface area (Å²) >= 11 is 0. The van der Waals surface area contributed by atoms with E-state index in [1.165, 1.54) is 12.8 Å². The molecule has 0 aliphatic carbocycles. The Hall–Kier alpha value is -1.40. The van der Waals surface area contributed by atoms with Crippen molar-refractivity contribution in [1.82, 2.24) is 4.90 Å². The summed E-state index contributed by atoms with van der Waals surface area (Å²) in [5.41, 5.74) is 0. The van der Waals surface area contributed by atoms with Gasteiger partial charge < -0.3 is 14.6 Å². The zero-order chi connectivity index (χ0) is 18.3. The molecule has 0 saturated carbocycles. The molecule has 1 saturated heterocycles. The predicted octanol–water partition coefficient (Wildman–Crippen LogP) is 3.01. The number of carbonyl (C=O) groups is 2. The summed E-state index contributed by atoms with van der Waals surface area (Å²) in [5, 5.41) is 8.55. The highest BCUT2D eigenvalue weighted by Gasteiger charge is 2.13. The molecular formula is C19H33NO5. The van der Waals surface area contributed by atoms with Crippen molar-refractivity contribution in [2.75, 3.05) is 32.8 Å². The van der Waals surface area contributed by atoms with Gasteiger partial charge in [0.2, 0.25) is 0 Å². The lowest BCUT2D eigenvalue weighted by Crippen LogP contribution is -2.36. The maximum Gasteiger partial charge on any atom is 0.331 e. The molecule has 1 unspecified atom stereocenters. The first-order valence-corrected chi connectivity index (χ1v) is 9.53. The molecule has 1 aliphatic heterocycles. The molecule has 1 atom stereocenters. The van der Waals surface area contributed by atoms with Gasteiger partial charge in [-0.3, -0.25) is 4.90 Å². The van der Waals surface area contributed by atoms with Gasteiger partial charge in [0, 0.05) is 25.2 Å². The van der Waals surface area contributed by atoms with Crippen molar-refractivity contribution in [2.45, 2.75) is 64.4 Å². The van der Waals surface area contributed by atoms with E-state index < -0.39 is 11.9 Å². The molecule has 1 rings (SSSR count). The number of carboxylic acid groups (broad SMARTS) is 1. The van der Waals surface area contributed by atoms with Crippen LogP contribution < -0.4 is 0 Å². The second kappa shape index (κ2) is 13.8. The highest BCUT2D eigenvalue weighted by molar-refractivity contribution is 5.90. The molecular weight excluding hydrogens is 322 g/mol. The van der Waals surface area contributed by atoms with Crippen LogP contribution in [0.25, 0.3) is 0 Å². The first-order valence-electron chi connectivity index (χ1n) is 9.53. The number of carbonyl (C=O) groups excluding carboxylic acids is 1. The van der Waals surface area contributed by atoms with E-state index >= 15 is 0 Å². The molecule has 1 fully saturated rings. The molecule has 6 nitrogen and oxygen atoms in total. The molecule has 1 aliphatic rings. The Bertz CT molecular complexity index is 405. The quantitative estimate of drug-likeness (QED) is 0.311. The largest absolute Gasteiger partial charge is 0.478 e. The molecule has 0 spiro atoms. The van der Waals surface area contributed by atoms with Crippen molar-refractivity contribution in [3.05, 3.63) is 12.2 Å². The minimum absolute atomic E-state index is 0.106. The number of morpholine rings is 1. The van der Waals surface area contributed by atoms with Gasteiger partial charge in [0.1, 0.15) is 6.10 Å². The lowest BCUT2D eigenvalue weighted by atomic mass is 10.0. The number of hydrogen-bond donors (Lipinski definition) is 1. The minimum atomic E-state index is -1.14. The van der Waals surface area contributed by atoms with Crippen LogP contribution in [0.15, 0.2) is 12.2 Å². The molecule has 0 aromatic heterocycles. The van der Waals surface area contributed by atoms with Crippen LogP contribution in [0.4, 0.5) is 0 Å². The van der Waals surface area contributed by atoms with Gasteiger partial charge in [0.25, 0.3) is 0 Å². The number of nitrogens with zero attached hydrogens (tertiary/aromatic N) is 1. The van der Waals surface area contributed by atoms with Crippen LogP contribution in [-0.4, -0.2) is 60.9 Å². The molecule has 25 heavy (non-hydrogen) atoms. The number of carboxylic acids is 1. The number of aliphatic carboxylic acids is 1. The molecule has 1 N–H and O–H groups in total. The average molecular weight is 355 g/mol. The third kappa shape index (κ3) is 11.7. The zero-order valence-corrected chi connectivity index (χ0v) is 15.5. The third-order valence-electron chi connectivity index (χ3n) is 4.38. The molecule has 144 valence electrons. The van der Waals surface area contributed by atoms with Crippen molar-refractivity contribution < 1.29 is 24.2 Å².